The summed E-state index contributed by atoms with van der Waals surface area (Å²) in [6.45, 7) is 4.75. The molecule has 0 amide bonds. The Hall–Kier alpha value is -2.56. The van der Waals surface area contributed by atoms with Crippen LogP contribution in [-0.4, -0.2) is 46.9 Å². The Morgan fingerprint density at radius 3 is 2.86 bits per heavy atom. The minimum Gasteiger partial charge on any atom is -0.490 e. The van der Waals surface area contributed by atoms with Gasteiger partial charge in [0.15, 0.2) is 23.1 Å². The van der Waals surface area contributed by atoms with Crippen LogP contribution in [0.25, 0.3) is 5.65 Å². The van der Waals surface area contributed by atoms with Gasteiger partial charge in [0.05, 0.1) is 13.2 Å². The number of hydrogen-bond donors (Lipinski definition) is 2. The Kier molecular flexibility index (Phi) is 7.50. The van der Waals surface area contributed by atoms with Gasteiger partial charge in [0.1, 0.15) is 5.82 Å². The second kappa shape index (κ2) is 10.3. The molecule has 0 fully saturated rings. The van der Waals surface area contributed by atoms with E-state index in [0.717, 1.165) is 41.6 Å². The Labute approximate surface area is 186 Å². The fraction of sp³-hybridized carbons (Fsp3) is 0.350. The van der Waals surface area contributed by atoms with E-state index in [1.165, 1.54) is 0 Å². The van der Waals surface area contributed by atoms with E-state index in [-0.39, 0.29) is 24.0 Å². The van der Waals surface area contributed by atoms with E-state index in [1.807, 2.05) is 53.9 Å². The summed E-state index contributed by atoms with van der Waals surface area (Å²) < 4.78 is 13.4. The number of benzene rings is 1. The van der Waals surface area contributed by atoms with E-state index >= 15 is 0 Å². The Morgan fingerprint density at radius 1 is 1.14 bits per heavy atom. The van der Waals surface area contributed by atoms with Gasteiger partial charge in [-0.15, -0.1) is 34.2 Å². The van der Waals surface area contributed by atoms with Crippen LogP contribution in [-0.2, 0) is 6.42 Å². The van der Waals surface area contributed by atoms with Gasteiger partial charge in [-0.05, 0) is 31.2 Å². The molecule has 1 aromatic carbocycles. The number of fused-ring (bicyclic) bond motifs is 2. The largest absolute Gasteiger partial charge is 0.490 e. The van der Waals surface area contributed by atoms with Gasteiger partial charge in [-0.25, -0.2) is 0 Å². The van der Waals surface area contributed by atoms with Crippen LogP contribution in [0.5, 0.6) is 11.5 Å². The lowest BCUT2D eigenvalue weighted by molar-refractivity contribution is 0.297. The Balaban J connectivity index is 0.00000240. The molecule has 154 valence electrons. The van der Waals surface area contributed by atoms with E-state index in [0.29, 0.717) is 32.1 Å². The number of nitrogens with zero attached hydrogens (tertiary/aromatic N) is 4. The van der Waals surface area contributed by atoms with E-state index < -0.39 is 0 Å². The summed E-state index contributed by atoms with van der Waals surface area (Å²) in [5, 5.41) is 15.0. The quantitative estimate of drug-likeness (QED) is 0.313. The predicted molar refractivity (Wildman–Crippen MR) is 124 cm³/mol. The number of aromatic nitrogens is 3. The number of halogens is 1. The van der Waals surface area contributed by atoms with Crippen LogP contribution >= 0.6 is 24.0 Å². The third-order valence-corrected chi connectivity index (χ3v) is 4.34. The number of anilines is 1. The summed E-state index contributed by atoms with van der Waals surface area (Å²) >= 11 is 0. The van der Waals surface area contributed by atoms with Crippen molar-refractivity contribution < 1.29 is 9.47 Å². The number of aliphatic imine (C=N–C) groups is 1. The van der Waals surface area contributed by atoms with Gasteiger partial charge in [0.2, 0.25) is 0 Å². The first-order valence-electron chi connectivity index (χ1n) is 9.57. The highest BCUT2D eigenvalue weighted by molar-refractivity contribution is 14.0. The lowest BCUT2D eigenvalue weighted by atomic mass is 10.3. The molecule has 0 bridgehead atoms. The van der Waals surface area contributed by atoms with Gasteiger partial charge >= 0.3 is 0 Å². The molecule has 0 saturated heterocycles. The van der Waals surface area contributed by atoms with Gasteiger partial charge in [-0.3, -0.25) is 9.39 Å². The van der Waals surface area contributed by atoms with Crippen LogP contribution < -0.4 is 20.1 Å². The van der Waals surface area contributed by atoms with Crippen molar-refractivity contribution in [3.63, 3.8) is 0 Å². The topological polar surface area (TPSA) is 85.1 Å². The lowest BCUT2D eigenvalue weighted by Gasteiger charge is -2.13. The molecule has 0 spiro atoms. The molecule has 0 unspecified atom stereocenters. The molecule has 3 aromatic rings. The standard InChI is InChI=1S/C20H24N6O2.HI/c1-2-21-20(22-10-9-19-25-24-18-6-3-4-11-26(18)19)23-15-7-8-16-17(14-15)28-13-5-12-27-16;/h3-4,6-8,11,14H,2,5,9-10,12-13H2,1H3,(H2,21,22,23);1H. The van der Waals surface area contributed by atoms with Crippen molar-refractivity contribution in [2.24, 2.45) is 4.99 Å². The summed E-state index contributed by atoms with van der Waals surface area (Å²) in [6.07, 6.45) is 3.55. The highest BCUT2D eigenvalue weighted by atomic mass is 127. The molecule has 2 aromatic heterocycles. The Morgan fingerprint density at radius 2 is 2.00 bits per heavy atom. The fourth-order valence-corrected chi connectivity index (χ4v) is 3.01. The summed E-state index contributed by atoms with van der Waals surface area (Å²) in [6, 6.07) is 11.7. The molecular formula is C20H25IN6O2. The molecule has 0 saturated carbocycles. The molecule has 9 heteroatoms. The molecule has 4 rings (SSSR count). The molecular weight excluding hydrogens is 483 g/mol. The number of guanidine groups is 1. The average molecular weight is 508 g/mol. The summed E-state index contributed by atoms with van der Waals surface area (Å²) in [5.41, 5.74) is 1.75. The molecule has 3 heterocycles. The zero-order valence-electron chi connectivity index (χ0n) is 16.3. The highest BCUT2D eigenvalue weighted by Crippen LogP contribution is 2.32. The second-order valence-electron chi connectivity index (χ2n) is 6.39. The second-order valence-corrected chi connectivity index (χ2v) is 6.39. The monoisotopic (exact) mass is 508 g/mol. The van der Waals surface area contributed by atoms with E-state index in [9.17, 15) is 0 Å². The van der Waals surface area contributed by atoms with Gasteiger partial charge < -0.3 is 20.1 Å². The molecule has 0 radical (unpaired) electrons. The van der Waals surface area contributed by atoms with Crippen molar-refractivity contribution in [3.8, 4) is 11.5 Å². The zero-order chi connectivity index (χ0) is 19.2. The number of hydrogen-bond acceptors (Lipinski definition) is 5. The van der Waals surface area contributed by atoms with Crippen molar-refractivity contribution in [2.45, 2.75) is 19.8 Å². The minimum absolute atomic E-state index is 0. The third-order valence-electron chi connectivity index (χ3n) is 4.34. The number of pyridine rings is 1. The average Bonchev–Trinajstić information content (AvgIpc) is 2.97. The van der Waals surface area contributed by atoms with Gasteiger partial charge in [0, 0.05) is 43.9 Å². The van der Waals surface area contributed by atoms with Gasteiger partial charge in [-0.1, -0.05) is 6.07 Å². The molecule has 0 aliphatic carbocycles. The van der Waals surface area contributed by atoms with E-state index in [2.05, 4.69) is 25.8 Å². The van der Waals surface area contributed by atoms with Crippen LogP contribution in [0.15, 0.2) is 47.6 Å². The van der Waals surface area contributed by atoms with Gasteiger partial charge in [0.25, 0.3) is 0 Å². The maximum absolute atomic E-state index is 5.76. The van der Waals surface area contributed by atoms with Crippen LogP contribution in [0.1, 0.15) is 19.2 Å². The predicted octanol–water partition coefficient (Wildman–Crippen LogP) is 3.13. The van der Waals surface area contributed by atoms with Crippen LogP contribution in [0.3, 0.4) is 0 Å². The van der Waals surface area contributed by atoms with Crippen LogP contribution in [0.4, 0.5) is 5.69 Å². The van der Waals surface area contributed by atoms with Crippen molar-refractivity contribution in [2.75, 3.05) is 31.6 Å². The molecule has 2 N–H and O–H groups in total. The van der Waals surface area contributed by atoms with Crippen LogP contribution in [0, 0.1) is 0 Å². The molecule has 0 atom stereocenters. The molecule has 1 aliphatic rings. The highest BCUT2D eigenvalue weighted by Gasteiger charge is 2.11. The smallest absolute Gasteiger partial charge is 0.195 e. The number of ether oxygens (including phenoxy) is 2. The fourth-order valence-electron chi connectivity index (χ4n) is 3.01. The van der Waals surface area contributed by atoms with E-state index in [1.54, 1.807) is 0 Å². The maximum atomic E-state index is 5.76. The maximum Gasteiger partial charge on any atom is 0.195 e. The van der Waals surface area contributed by atoms with Crippen molar-refractivity contribution in [1.29, 1.82) is 0 Å². The van der Waals surface area contributed by atoms with Crippen molar-refractivity contribution in [3.05, 3.63) is 48.4 Å². The molecule has 1 aliphatic heterocycles. The SMILES string of the molecule is CCNC(=NCCc1nnc2ccccn12)Nc1ccc2c(c1)OCCCO2.I. The van der Waals surface area contributed by atoms with Crippen molar-refractivity contribution >= 4 is 41.3 Å². The number of nitrogens with one attached hydrogen (secondary N) is 2. The normalized spacial score (nSPS) is 13.5. The third kappa shape index (κ3) is 5.28. The summed E-state index contributed by atoms with van der Waals surface area (Å²) in [4.78, 5) is 4.66. The zero-order valence-corrected chi connectivity index (χ0v) is 18.6. The molecule has 8 nitrogen and oxygen atoms in total. The van der Waals surface area contributed by atoms with E-state index in [4.69, 9.17) is 9.47 Å². The Bertz CT molecular complexity index is 975. The first-order valence-corrected chi connectivity index (χ1v) is 9.57. The lowest BCUT2D eigenvalue weighted by Crippen LogP contribution is -2.31. The van der Waals surface area contributed by atoms with Crippen LogP contribution in [0.2, 0.25) is 0 Å². The molecule has 29 heavy (non-hydrogen) atoms. The first-order chi connectivity index (χ1) is 13.8. The van der Waals surface area contributed by atoms with Gasteiger partial charge in [-0.2, -0.15) is 0 Å². The summed E-state index contributed by atoms with van der Waals surface area (Å²) in [5.74, 6) is 3.15. The number of rotatable bonds is 5. The minimum atomic E-state index is 0. The summed E-state index contributed by atoms with van der Waals surface area (Å²) in [7, 11) is 0. The van der Waals surface area contributed by atoms with Crippen molar-refractivity contribution in [1.82, 2.24) is 19.9 Å². The first kappa shape index (κ1) is 21.2.